The summed E-state index contributed by atoms with van der Waals surface area (Å²) < 4.78 is 6.01. The van der Waals surface area contributed by atoms with Crippen LogP contribution in [0.3, 0.4) is 0 Å². The Morgan fingerprint density at radius 3 is 2.81 bits per heavy atom. The summed E-state index contributed by atoms with van der Waals surface area (Å²) in [5.74, 6) is -0.454. The number of aryl methyl sites for hydroxylation is 1. The summed E-state index contributed by atoms with van der Waals surface area (Å²) in [6.07, 6.45) is -0.0116. The number of rotatable bonds is 4. The predicted molar refractivity (Wildman–Crippen MR) is 73.9 cm³/mol. The minimum absolute atomic E-state index is 0.0116. The van der Waals surface area contributed by atoms with Gasteiger partial charge >= 0.3 is 5.97 Å². The second-order valence-corrected chi connectivity index (χ2v) is 4.54. The number of halogens is 1. The fourth-order valence-corrected chi connectivity index (χ4v) is 1.77. The number of nitrogens with zero attached hydrogens (tertiary/aromatic N) is 4. The lowest BCUT2D eigenvalue weighted by Gasteiger charge is -2.08. The van der Waals surface area contributed by atoms with E-state index < -0.39 is 5.97 Å². The van der Waals surface area contributed by atoms with Crippen LogP contribution in [0, 0.1) is 0 Å². The number of aromatic nitrogens is 4. The molecule has 1 amide bonds. The standard InChI is InChI=1S/C12H12ClN5O3/c1-18-10(15-16-17-18)6-11(19)14-9-5-7(12(20)21-2)3-4-8(9)13/h3-5H,6H2,1-2H3,(H,14,19). The molecule has 1 aromatic carbocycles. The molecule has 2 aromatic rings. The van der Waals surface area contributed by atoms with Crippen molar-refractivity contribution in [1.29, 1.82) is 0 Å². The molecule has 1 N–H and O–H groups in total. The van der Waals surface area contributed by atoms with E-state index in [2.05, 4.69) is 25.6 Å². The van der Waals surface area contributed by atoms with Crippen molar-refractivity contribution in [2.24, 2.45) is 7.05 Å². The van der Waals surface area contributed by atoms with E-state index in [1.807, 2.05) is 0 Å². The van der Waals surface area contributed by atoms with Gasteiger partial charge in [-0.1, -0.05) is 11.6 Å². The van der Waals surface area contributed by atoms with Crippen molar-refractivity contribution in [2.75, 3.05) is 12.4 Å². The number of methoxy groups -OCH3 is 1. The van der Waals surface area contributed by atoms with Gasteiger partial charge in [0.1, 0.15) is 0 Å². The lowest BCUT2D eigenvalue weighted by molar-refractivity contribution is -0.115. The first-order valence-corrected chi connectivity index (χ1v) is 6.28. The topological polar surface area (TPSA) is 99.0 Å². The third-order valence-corrected chi connectivity index (χ3v) is 3.02. The second-order valence-electron chi connectivity index (χ2n) is 4.13. The Morgan fingerprint density at radius 1 is 1.43 bits per heavy atom. The van der Waals surface area contributed by atoms with Crippen molar-refractivity contribution in [3.63, 3.8) is 0 Å². The minimum atomic E-state index is -0.514. The number of nitrogens with one attached hydrogen (secondary N) is 1. The molecular weight excluding hydrogens is 298 g/mol. The molecule has 0 aliphatic carbocycles. The van der Waals surface area contributed by atoms with Gasteiger partial charge in [0.2, 0.25) is 5.91 Å². The van der Waals surface area contributed by atoms with Crippen LogP contribution in [0.25, 0.3) is 0 Å². The molecule has 0 aliphatic rings. The summed E-state index contributed by atoms with van der Waals surface area (Å²) in [7, 11) is 2.91. The van der Waals surface area contributed by atoms with Gasteiger partial charge in [0, 0.05) is 7.05 Å². The van der Waals surface area contributed by atoms with Crippen molar-refractivity contribution in [1.82, 2.24) is 20.2 Å². The average molecular weight is 310 g/mol. The van der Waals surface area contributed by atoms with Gasteiger partial charge in [0.25, 0.3) is 0 Å². The van der Waals surface area contributed by atoms with Gasteiger partial charge in [-0.05, 0) is 28.6 Å². The molecule has 0 saturated heterocycles. The van der Waals surface area contributed by atoms with E-state index in [4.69, 9.17) is 11.6 Å². The molecule has 0 unspecified atom stereocenters. The zero-order valence-electron chi connectivity index (χ0n) is 11.3. The Bertz CT molecular complexity index is 685. The Morgan fingerprint density at radius 2 is 2.19 bits per heavy atom. The Labute approximate surface area is 125 Å². The van der Waals surface area contributed by atoms with E-state index in [-0.39, 0.29) is 17.9 Å². The average Bonchev–Trinajstić information content (AvgIpc) is 2.85. The van der Waals surface area contributed by atoms with Crippen LogP contribution < -0.4 is 5.32 Å². The van der Waals surface area contributed by atoms with Crippen molar-refractivity contribution in [2.45, 2.75) is 6.42 Å². The van der Waals surface area contributed by atoms with Gasteiger partial charge in [0.05, 0.1) is 29.8 Å². The lowest BCUT2D eigenvalue weighted by Crippen LogP contribution is -2.17. The van der Waals surface area contributed by atoms with E-state index >= 15 is 0 Å². The smallest absolute Gasteiger partial charge is 0.337 e. The normalized spacial score (nSPS) is 10.2. The summed E-state index contributed by atoms with van der Waals surface area (Å²) in [6, 6.07) is 4.46. The Kier molecular flexibility index (Phi) is 4.49. The van der Waals surface area contributed by atoms with Gasteiger partial charge < -0.3 is 10.1 Å². The second kappa shape index (κ2) is 6.31. The number of ether oxygens (including phenoxy) is 1. The molecule has 21 heavy (non-hydrogen) atoms. The molecule has 1 aromatic heterocycles. The van der Waals surface area contributed by atoms with Gasteiger partial charge in [-0.2, -0.15) is 0 Å². The first-order chi connectivity index (χ1) is 10.0. The predicted octanol–water partition coefficient (Wildman–Crippen LogP) is 0.831. The number of carbonyl (C=O) groups is 2. The molecule has 0 aliphatic heterocycles. The molecule has 8 nitrogen and oxygen atoms in total. The first kappa shape index (κ1) is 14.9. The fraction of sp³-hybridized carbons (Fsp3) is 0.250. The maximum Gasteiger partial charge on any atom is 0.337 e. The van der Waals surface area contributed by atoms with E-state index in [0.29, 0.717) is 16.5 Å². The summed E-state index contributed by atoms with van der Waals surface area (Å²) in [4.78, 5) is 23.4. The van der Waals surface area contributed by atoms with Gasteiger partial charge in [-0.15, -0.1) is 5.10 Å². The summed E-state index contributed by atoms with van der Waals surface area (Å²) in [6.45, 7) is 0. The summed E-state index contributed by atoms with van der Waals surface area (Å²) in [5.41, 5.74) is 0.609. The molecule has 0 spiro atoms. The number of amides is 1. The Balaban J connectivity index is 2.13. The maximum atomic E-state index is 11.9. The van der Waals surface area contributed by atoms with Crippen molar-refractivity contribution in [3.8, 4) is 0 Å². The zero-order valence-corrected chi connectivity index (χ0v) is 12.1. The van der Waals surface area contributed by atoms with Crippen LogP contribution in [0.5, 0.6) is 0 Å². The van der Waals surface area contributed by atoms with E-state index in [0.717, 1.165) is 0 Å². The van der Waals surface area contributed by atoms with Crippen LogP contribution in [0.4, 0.5) is 5.69 Å². The maximum absolute atomic E-state index is 11.9. The van der Waals surface area contributed by atoms with Gasteiger partial charge in [0.15, 0.2) is 5.82 Å². The molecule has 0 bridgehead atoms. The molecule has 2 rings (SSSR count). The molecule has 9 heteroatoms. The van der Waals surface area contributed by atoms with Gasteiger partial charge in [-0.3, -0.25) is 4.79 Å². The molecule has 110 valence electrons. The minimum Gasteiger partial charge on any atom is -0.465 e. The van der Waals surface area contributed by atoms with E-state index in [1.165, 1.54) is 30.0 Å². The van der Waals surface area contributed by atoms with Crippen LogP contribution in [-0.2, 0) is 23.0 Å². The zero-order chi connectivity index (χ0) is 15.4. The summed E-state index contributed by atoms with van der Waals surface area (Å²) in [5, 5.41) is 13.7. The molecule has 0 fully saturated rings. The monoisotopic (exact) mass is 309 g/mol. The Hall–Kier alpha value is -2.48. The fourth-order valence-electron chi connectivity index (χ4n) is 1.60. The van der Waals surface area contributed by atoms with Crippen molar-refractivity contribution in [3.05, 3.63) is 34.6 Å². The largest absolute Gasteiger partial charge is 0.465 e. The molecule has 0 saturated carbocycles. The molecule has 1 heterocycles. The summed E-state index contributed by atoms with van der Waals surface area (Å²) >= 11 is 5.99. The van der Waals surface area contributed by atoms with Crippen LogP contribution >= 0.6 is 11.6 Å². The highest BCUT2D eigenvalue weighted by atomic mass is 35.5. The lowest BCUT2D eigenvalue weighted by atomic mass is 10.2. The quantitative estimate of drug-likeness (QED) is 0.840. The van der Waals surface area contributed by atoms with Gasteiger partial charge in [-0.25, -0.2) is 9.48 Å². The van der Waals surface area contributed by atoms with Crippen LogP contribution in [-0.4, -0.2) is 39.2 Å². The number of tetrazole rings is 1. The van der Waals surface area contributed by atoms with Crippen LogP contribution in [0.15, 0.2) is 18.2 Å². The highest BCUT2D eigenvalue weighted by Crippen LogP contribution is 2.23. The van der Waals surface area contributed by atoms with Crippen LogP contribution in [0.2, 0.25) is 5.02 Å². The number of benzene rings is 1. The number of anilines is 1. The molecule has 0 radical (unpaired) electrons. The highest BCUT2D eigenvalue weighted by molar-refractivity contribution is 6.33. The highest BCUT2D eigenvalue weighted by Gasteiger charge is 2.13. The number of hydrogen-bond acceptors (Lipinski definition) is 6. The van der Waals surface area contributed by atoms with E-state index in [9.17, 15) is 9.59 Å². The van der Waals surface area contributed by atoms with E-state index in [1.54, 1.807) is 7.05 Å². The van der Waals surface area contributed by atoms with Crippen molar-refractivity contribution >= 4 is 29.2 Å². The number of hydrogen-bond donors (Lipinski definition) is 1. The third-order valence-electron chi connectivity index (χ3n) is 2.69. The SMILES string of the molecule is COC(=O)c1ccc(Cl)c(NC(=O)Cc2nnnn2C)c1. The van der Waals surface area contributed by atoms with Crippen LogP contribution in [0.1, 0.15) is 16.2 Å². The first-order valence-electron chi connectivity index (χ1n) is 5.90. The number of carbonyl (C=O) groups excluding carboxylic acids is 2. The third kappa shape index (κ3) is 3.54. The molecular formula is C12H12ClN5O3. The molecule has 0 atom stereocenters. The van der Waals surface area contributed by atoms with Crippen molar-refractivity contribution < 1.29 is 14.3 Å². The number of esters is 1.